The number of anilines is 1. The van der Waals surface area contributed by atoms with Crippen LogP contribution >= 0.6 is 15.9 Å². The van der Waals surface area contributed by atoms with Gasteiger partial charge in [-0.3, -0.25) is 9.89 Å². The van der Waals surface area contributed by atoms with E-state index in [4.69, 9.17) is 0 Å². The Morgan fingerprint density at radius 2 is 2.25 bits per heavy atom. The van der Waals surface area contributed by atoms with Crippen molar-refractivity contribution in [3.63, 3.8) is 0 Å². The normalized spacial score (nSPS) is 15.9. The summed E-state index contributed by atoms with van der Waals surface area (Å²) in [6.07, 6.45) is 2.42. The molecule has 2 N–H and O–H groups in total. The molecular formula is C15H16BrN3O. The fraction of sp³-hybridized carbons (Fsp3) is 0.333. The van der Waals surface area contributed by atoms with Gasteiger partial charge >= 0.3 is 0 Å². The minimum Gasteiger partial charge on any atom is -0.309 e. The smallest absolute Gasteiger partial charge is 0.232 e. The lowest BCUT2D eigenvalue weighted by molar-refractivity contribution is -0.117. The minimum absolute atomic E-state index is 0.0445. The average molecular weight is 334 g/mol. The highest BCUT2D eigenvalue weighted by Crippen LogP contribution is 2.39. The third-order valence-corrected chi connectivity index (χ3v) is 4.10. The van der Waals surface area contributed by atoms with Crippen LogP contribution in [0, 0.1) is 0 Å². The highest BCUT2D eigenvalue weighted by molar-refractivity contribution is 9.10. The number of H-pyrrole nitrogens is 1. The van der Waals surface area contributed by atoms with Crippen LogP contribution in [0.5, 0.6) is 0 Å². The molecule has 5 heteroatoms. The van der Waals surface area contributed by atoms with Gasteiger partial charge in [-0.15, -0.1) is 0 Å². The van der Waals surface area contributed by atoms with E-state index >= 15 is 0 Å². The summed E-state index contributed by atoms with van der Waals surface area (Å²) in [5.74, 6) is 0.958. The highest BCUT2D eigenvalue weighted by Gasteiger charge is 2.26. The third-order valence-electron chi connectivity index (χ3n) is 3.61. The lowest BCUT2D eigenvalue weighted by atomic mass is 10.0. The number of amides is 1. The third kappa shape index (κ3) is 2.93. The number of hydrogen-bond donors (Lipinski definition) is 2. The first-order valence-corrected chi connectivity index (χ1v) is 7.54. The van der Waals surface area contributed by atoms with Gasteiger partial charge in [-0.05, 0) is 37.5 Å². The summed E-state index contributed by atoms with van der Waals surface area (Å²) in [7, 11) is 0. The molecule has 1 aromatic carbocycles. The van der Waals surface area contributed by atoms with Crippen molar-refractivity contribution in [1.29, 1.82) is 0 Å². The van der Waals surface area contributed by atoms with Crippen LogP contribution in [0.25, 0.3) is 0 Å². The first-order valence-electron chi connectivity index (χ1n) is 6.75. The summed E-state index contributed by atoms with van der Waals surface area (Å²) in [6, 6.07) is 9.73. The van der Waals surface area contributed by atoms with Gasteiger partial charge in [-0.2, -0.15) is 5.10 Å². The van der Waals surface area contributed by atoms with E-state index in [0.29, 0.717) is 11.7 Å². The predicted octanol–water partition coefficient (Wildman–Crippen LogP) is 3.79. The van der Waals surface area contributed by atoms with Crippen LogP contribution in [0.2, 0.25) is 0 Å². The largest absolute Gasteiger partial charge is 0.309 e. The Balaban J connectivity index is 1.68. The molecule has 1 fully saturated rings. The van der Waals surface area contributed by atoms with Crippen molar-refractivity contribution in [3.8, 4) is 0 Å². The zero-order valence-electron chi connectivity index (χ0n) is 11.2. The molecule has 20 heavy (non-hydrogen) atoms. The molecule has 0 spiro atoms. The van der Waals surface area contributed by atoms with Gasteiger partial charge in [0.15, 0.2) is 5.82 Å². The number of carbonyl (C=O) groups is 1. The lowest BCUT2D eigenvalue weighted by Crippen LogP contribution is -2.19. The first-order chi connectivity index (χ1) is 9.63. The summed E-state index contributed by atoms with van der Waals surface area (Å²) < 4.78 is 0.977. The zero-order valence-corrected chi connectivity index (χ0v) is 12.8. The van der Waals surface area contributed by atoms with E-state index in [1.807, 2.05) is 37.3 Å². The number of benzene rings is 1. The Morgan fingerprint density at radius 3 is 2.95 bits per heavy atom. The van der Waals surface area contributed by atoms with Crippen LogP contribution in [-0.4, -0.2) is 16.1 Å². The molecule has 0 aliphatic heterocycles. The van der Waals surface area contributed by atoms with Gasteiger partial charge in [0, 0.05) is 22.2 Å². The number of aromatic amines is 1. The van der Waals surface area contributed by atoms with Crippen molar-refractivity contribution in [1.82, 2.24) is 10.2 Å². The Hall–Kier alpha value is -1.62. The van der Waals surface area contributed by atoms with E-state index in [1.54, 1.807) is 0 Å². The van der Waals surface area contributed by atoms with E-state index in [2.05, 4.69) is 31.4 Å². The Morgan fingerprint density at radius 1 is 1.45 bits per heavy atom. The van der Waals surface area contributed by atoms with Crippen LogP contribution in [0.1, 0.15) is 42.9 Å². The summed E-state index contributed by atoms with van der Waals surface area (Å²) >= 11 is 3.42. The molecule has 2 aromatic rings. The van der Waals surface area contributed by atoms with Gasteiger partial charge in [0.1, 0.15) is 0 Å². The van der Waals surface area contributed by atoms with Gasteiger partial charge in [-0.25, -0.2) is 0 Å². The fourth-order valence-electron chi connectivity index (χ4n) is 2.17. The molecule has 1 unspecified atom stereocenters. The maximum absolute atomic E-state index is 12.2. The summed E-state index contributed by atoms with van der Waals surface area (Å²) in [5, 5.41) is 10.00. The summed E-state index contributed by atoms with van der Waals surface area (Å²) in [5.41, 5.74) is 2.10. The van der Waals surface area contributed by atoms with Crippen LogP contribution in [-0.2, 0) is 4.79 Å². The number of aromatic nitrogens is 2. The fourth-order valence-corrected chi connectivity index (χ4v) is 2.58. The van der Waals surface area contributed by atoms with Crippen LogP contribution in [0.4, 0.5) is 5.82 Å². The molecule has 1 atom stereocenters. The Labute approximate surface area is 126 Å². The van der Waals surface area contributed by atoms with Crippen LogP contribution in [0.3, 0.4) is 0 Å². The quantitative estimate of drug-likeness (QED) is 0.894. The van der Waals surface area contributed by atoms with Crippen molar-refractivity contribution in [3.05, 3.63) is 46.1 Å². The predicted molar refractivity (Wildman–Crippen MR) is 81.7 cm³/mol. The topological polar surface area (TPSA) is 57.8 Å². The molecule has 1 aliphatic rings. The van der Waals surface area contributed by atoms with Crippen LogP contribution in [0.15, 0.2) is 34.8 Å². The van der Waals surface area contributed by atoms with E-state index in [9.17, 15) is 4.79 Å². The van der Waals surface area contributed by atoms with Gasteiger partial charge in [0.05, 0.1) is 5.92 Å². The molecular weight excluding hydrogens is 318 g/mol. The average Bonchev–Trinajstić information content (AvgIpc) is 3.19. The van der Waals surface area contributed by atoms with Gasteiger partial charge in [-0.1, -0.05) is 28.1 Å². The van der Waals surface area contributed by atoms with E-state index in [1.165, 1.54) is 12.8 Å². The van der Waals surface area contributed by atoms with Crippen molar-refractivity contribution >= 4 is 27.7 Å². The molecule has 3 rings (SSSR count). The van der Waals surface area contributed by atoms with Gasteiger partial charge in [0.2, 0.25) is 5.91 Å². The molecule has 4 nitrogen and oxygen atoms in total. The minimum atomic E-state index is -0.214. The monoisotopic (exact) mass is 333 g/mol. The van der Waals surface area contributed by atoms with E-state index in [-0.39, 0.29) is 11.8 Å². The maximum Gasteiger partial charge on any atom is 0.232 e. The second-order valence-corrected chi connectivity index (χ2v) is 6.16. The van der Waals surface area contributed by atoms with Crippen molar-refractivity contribution in [2.75, 3.05) is 5.32 Å². The zero-order chi connectivity index (χ0) is 14.1. The Bertz CT molecular complexity index is 634. The van der Waals surface area contributed by atoms with Gasteiger partial charge < -0.3 is 5.32 Å². The van der Waals surface area contributed by atoms with Crippen molar-refractivity contribution < 1.29 is 4.79 Å². The number of nitrogens with one attached hydrogen (secondary N) is 2. The van der Waals surface area contributed by atoms with E-state index in [0.717, 1.165) is 15.7 Å². The number of carbonyl (C=O) groups excluding carboxylic acids is 1. The first kappa shape index (κ1) is 13.4. The second kappa shape index (κ2) is 5.40. The molecule has 1 amide bonds. The molecule has 0 saturated heterocycles. The molecule has 1 aliphatic carbocycles. The summed E-state index contributed by atoms with van der Waals surface area (Å²) in [4.78, 5) is 12.2. The maximum atomic E-state index is 12.2. The second-order valence-electron chi connectivity index (χ2n) is 5.25. The number of nitrogens with zero attached hydrogens (tertiary/aromatic N) is 1. The number of halogens is 1. The van der Waals surface area contributed by atoms with Crippen LogP contribution < -0.4 is 5.32 Å². The van der Waals surface area contributed by atoms with Gasteiger partial charge in [0.25, 0.3) is 0 Å². The summed E-state index contributed by atoms with van der Waals surface area (Å²) in [6.45, 7) is 1.89. The molecule has 1 heterocycles. The Kier molecular flexibility index (Phi) is 3.61. The van der Waals surface area contributed by atoms with Crippen molar-refractivity contribution in [2.45, 2.75) is 31.6 Å². The molecule has 0 radical (unpaired) electrons. The molecule has 1 saturated carbocycles. The molecule has 1 aromatic heterocycles. The van der Waals surface area contributed by atoms with E-state index < -0.39 is 0 Å². The lowest BCUT2D eigenvalue weighted by Gasteiger charge is -2.11. The highest BCUT2D eigenvalue weighted by atomic mass is 79.9. The SMILES string of the molecule is CC(C(=O)Nc1cc(C2CC2)[nH]n1)c1cccc(Br)c1. The van der Waals surface area contributed by atoms with Crippen molar-refractivity contribution in [2.24, 2.45) is 0 Å². The standard InChI is InChI=1S/C15H16BrN3O/c1-9(11-3-2-4-12(16)7-11)15(20)17-14-8-13(18-19-14)10-5-6-10/h2-4,7-10H,5-6H2,1H3,(H2,17,18,19,20). The molecule has 104 valence electrons. The molecule has 0 bridgehead atoms. The number of rotatable bonds is 4. The number of hydrogen-bond acceptors (Lipinski definition) is 2.